The minimum Gasteiger partial charge on any atom is -0.290 e. The maximum atomic E-state index is 5.11. The van der Waals surface area contributed by atoms with Gasteiger partial charge in [0.15, 0.2) is 0 Å². The Bertz CT molecular complexity index is 1490. The number of pyridine rings is 2. The quantitative estimate of drug-likeness (QED) is 0.260. The van der Waals surface area contributed by atoms with Gasteiger partial charge >= 0.3 is 0 Å². The summed E-state index contributed by atoms with van der Waals surface area (Å²) in [6.45, 7) is 8.73. The lowest BCUT2D eigenvalue weighted by molar-refractivity contribution is 1.04. The van der Waals surface area contributed by atoms with Crippen molar-refractivity contribution in [2.45, 2.75) is 27.7 Å². The molecule has 2 aliphatic rings. The highest BCUT2D eigenvalue weighted by Gasteiger charge is 2.35. The first-order chi connectivity index (χ1) is 18.5. The summed E-state index contributed by atoms with van der Waals surface area (Å²) < 4.78 is 0. The molecule has 4 heterocycles. The number of nitrogens with zero attached hydrogens (tertiary/aromatic N) is 4. The highest BCUT2D eigenvalue weighted by Crippen LogP contribution is 2.53. The van der Waals surface area contributed by atoms with Crippen LogP contribution in [0.1, 0.15) is 27.7 Å². The topological polar surface area (TPSA) is 32.3 Å². The summed E-state index contributed by atoms with van der Waals surface area (Å²) in [5.74, 6) is 1.84. The monoisotopic (exact) mass is 532 g/mol. The van der Waals surface area contributed by atoms with Crippen LogP contribution >= 0.6 is 23.5 Å². The summed E-state index contributed by atoms with van der Waals surface area (Å²) in [6.07, 6.45) is 0. The van der Waals surface area contributed by atoms with E-state index in [2.05, 4.69) is 122 Å². The Hall–Kier alpha value is -3.74. The van der Waals surface area contributed by atoms with Gasteiger partial charge in [0.05, 0.1) is 11.4 Å². The third kappa shape index (κ3) is 4.44. The summed E-state index contributed by atoms with van der Waals surface area (Å²) in [4.78, 5) is 17.4. The SMILES string of the molecule is CC1=C(C)N(c2cccc(-c3ccccc3)n2)/C(=C2\SC(C)=C(C)N2c2cccc(-c3ccccc3)n2)S1. The van der Waals surface area contributed by atoms with Crippen molar-refractivity contribution in [1.82, 2.24) is 9.97 Å². The van der Waals surface area contributed by atoms with Crippen LogP contribution in [0.2, 0.25) is 0 Å². The van der Waals surface area contributed by atoms with Crippen molar-refractivity contribution in [2.24, 2.45) is 0 Å². The summed E-state index contributed by atoms with van der Waals surface area (Å²) >= 11 is 3.61. The molecule has 0 atom stereocenters. The van der Waals surface area contributed by atoms with Crippen LogP contribution in [0.15, 0.2) is 128 Å². The van der Waals surface area contributed by atoms with Crippen LogP contribution in [-0.2, 0) is 0 Å². The fourth-order valence-corrected chi connectivity index (χ4v) is 6.92. The second-order valence-corrected chi connectivity index (χ2v) is 11.7. The van der Waals surface area contributed by atoms with Gasteiger partial charge in [0.2, 0.25) is 0 Å². The standard InChI is InChI=1S/C32H28N4S2/c1-21-23(3)37-31(35(21)29-19-11-17-27(33-29)25-13-7-5-8-14-25)32-36(22(2)24(4)38-32)30-20-12-18-28(34-30)26-15-9-6-10-16-26/h5-20H,1-4H3/b32-31+. The molecule has 188 valence electrons. The van der Waals surface area contributed by atoms with Gasteiger partial charge in [-0.05, 0) is 52.0 Å². The fraction of sp³-hybridized carbons (Fsp3) is 0.125. The highest BCUT2D eigenvalue weighted by molar-refractivity contribution is 8.10. The summed E-state index contributed by atoms with van der Waals surface area (Å²) in [7, 11) is 0. The van der Waals surface area contributed by atoms with Gasteiger partial charge < -0.3 is 0 Å². The predicted molar refractivity (Wildman–Crippen MR) is 163 cm³/mol. The third-order valence-corrected chi connectivity index (χ3v) is 9.32. The number of thioether (sulfide) groups is 2. The van der Waals surface area contributed by atoms with Gasteiger partial charge in [0.1, 0.15) is 21.7 Å². The molecule has 0 fully saturated rings. The summed E-state index contributed by atoms with van der Waals surface area (Å²) in [5.41, 5.74) is 6.55. The zero-order valence-electron chi connectivity index (χ0n) is 21.8. The maximum Gasteiger partial charge on any atom is 0.138 e. The first-order valence-corrected chi connectivity index (χ1v) is 14.2. The molecule has 0 aliphatic carbocycles. The Balaban J connectivity index is 1.46. The first-order valence-electron chi connectivity index (χ1n) is 12.6. The van der Waals surface area contributed by atoms with Crippen molar-refractivity contribution < 1.29 is 0 Å². The van der Waals surface area contributed by atoms with Crippen LogP contribution in [0.25, 0.3) is 22.5 Å². The molecule has 4 nitrogen and oxygen atoms in total. The van der Waals surface area contributed by atoms with Crippen LogP contribution in [0.3, 0.4) is 0 Å². The summed E-state index contributed by atoms with van der Waals surface area (Å²) in [5, 5.41) is 2.32. The Morgan fingerprint density at radius 3 is 1.26 bits per heavy atom. The maximum absolute atomic E-state index is 5.11. The van der Waals surface area contributed by atoms with Gasteiger partial charge in [0.25, 0.3) is 0 Å². The van der Waals surface area contributed by atoms with Gasteiger partial charge in [-0.15, -0.1) is 0 Å². The predicted octanol–water partition coefficient (Wildman–Crippen LogP) is 9.25. The van der Waals surface area contributed by atoms with E-state index >= 15 is 0 Å². The van der Waals surface area contributed by atoms with Gasteiger partial charge in [-0.25, -0.2) is 9.97 Å². The normalized spacial score (nSPS) is 17.7. The molecule has 0 saturated heterocycles. The van der Waals surface area contributed by atoms with E-state index in [0.29, 0.717) is 0 Å². The van der Waals surface area contributed by atoms with Crippen LogP contribution in [0, 0.1) is 0 Å². The molecule has 0 radical (unpaired) electrons. The fourth-order valence-electron chi connectivity index (χ4n) is 4.61. The van der Waals surface area contributed by atoms with Gasteiger partial charge in [0, 0.05) is 32.3 Å². The molecule has 0 saturated carbocycles. The molecule has 6 heteroatoms. The number of benzene rings is 2. The van der Waals surface area contributed by atoms with Crippen molar-refractivity contribution in [1.29, 1.82) is 0 Å². The lowest BCUT2D eigenvalue weighted by Gasteiger charge is -2.27. The zero-order chi connectivity index (χ0) is 26.2. The number of hydrogen-bond acceptors (Lipinski definition) is 6. The van der Waals surface area contributed by atoms with Gasteiger partial charge in [-0.2, -0.15) is 0 Å². The molecule has 0 bridgehead atoms. The Morgan fingerprint density at radius 2 is 0.868 bits per heavy atom. The van der Waals surface area contributed by atoms with Gasteiger partial charge in [-0.3, -0.25) is 9.80 Å². The minimum absolute atomic E-state index is 0.921. The molecule has 4 aromatic rings. The molecule has 2 aromatic carbocycles. The molecule has 0 unspecified atom stereocenters. The van der Waals surface area contributed by atoms with E-state index in [1.807, 2.05) is 12.1 Å². The van der Waals surface area contributed by atoms with E-state index in [4.69, 9.17) is 9.97 Å². The number of hydrogen-bond donors (Lipinski definition) is 0. The molecule has 2 aliphatic heterocycles. The third-order valence-electron chi connectivity index (χ3n) is 6.84. The molecule has 6 rings (SSSR count). The molecular weight excluding hydrogens is 505 g/mol. The van der Waals surface area contributed by atoms with Crippen LogP contribution in [-0.4, -0.2) is 9.97 Å². The van der Waals surface area contributed by atoms with E-state index in [9.17, 15) is 0 Å². The zero-order valence-corrected chi connectivity index (χ0v) is 23.5. The number of rotatable bonds is 4. The minimum atomic E-state index is 0.921. The number of anilines is 2. The van der Waals surface area contributed by atoms with Crippen molar-refractivity contribution in [3.8, 4) is 22.5 Å². The molecule has 0 amide bonds. The van der Waals surface area contributed by atoms with Crippen molar-refractivity contribution in [3.05, 3.63) is 128 Å². The lowest BCUT2D eigenvalue weighted by Crippen LogP contribution is -2.23. The Labute approximate surface area is 232 Å². The molecule has 0 spiro atoms. The van der Waals surface area contributed by atoms with Crippen molar-refractivity contribution >= 4 is 35.2 Å². The first kappa shape index (κ1) is 24.6. The summed E-state index contributed by atoms with van der Waals surface area (Å²) in [6, 6.07) is 33.3. The van der Waals surface area contributed by atoms with E-state index in [-0.39, 0.29) is 0 Å². The Morgan fingerprint density at radius 1 is 0.474 bits per heavy atom. The average Bonchev–Trinajstić information content (AvgIpc) is 3.43. The second-order valence-electron chi connectivity index (χ2n) is 9.26. The average molecular weight is 533 g/mol. The van der Waals surface area contributed by atoms with E-state index in [0.717, 1.165) is 44.2 Å². The van der Waals surface area contributed by atoms with Crippen molar-refractivity contribution in [2.75, 3.05) is 9.80 Å². The number of allylic oxidation sites excluding steroid dienone is 4. The van der Waals surface area contributed by atoms with Gasteiger partial charge in [-0.1, -0.05) is 96.3 Å². The van der Waals surface area contributed by atoms with E-state index in [1.165, 1.54) is 21.2 Å². The lowest BCUT2D eigenvalue weighted by atomic mass is 10.1. The van der Waals surface area contributed by atoms with E-state index in [1.54, 1.807) is 23.5 Å². The largest absolute Gasteiger partial charge is 0.290 e. The second kappa shape index (κ2) is 10.2. The molecular formula is C32H28N4S2. The van der Waals surface area contributed by atoms with Crippen LogP contribution in [0.4, 0.5) is 11.6 Å². The Kier molecular flexibility index (Phi) is 6.60. The van der Waals surface area contributed by atoms with Crippen LogP contribution < -0.4 is 9.80 Å². The van der Waals surface area contributed by atoms with Crippen molar-refractivity contribution in [3.63, 3.8) is 0 Å². The molecule has 38 heavy (non-hydrogen) atoms. The highest BCUT2D eigenvalue weighted by atomic mass is 32.2. The van der Waals surface area contributed by atoms with E-state index < -0.39 is 0 Å². The number of aromatic nitrogens is 2. The van der Waals surface area contributed by atoms with Crippen LogP contribution in [0.5, 0.6) is 0 Å². The molecule has 2 aromatic heterocycles. The molecule has 0 N–H and O–H groups in total. The smallest absolute Gasteiger partial charge is 0.138 e.